The molecule has 3 N–H and O–H groups in total. The number of amides is 2. The van der Waals surface area contributed by atoms with Crippen LogP contribution in [-0.4, -0.2) is 29.4 Å². The van der Waals surface area contributed by atoms with Crippen molar-refractivity contribution in [3.05, 3.63) is 57.4 Å². The Labute approximate surface area is 187 Å². The summed E-state index contributed by atoms with van der Waals surface area (Å²) in [5.74, 6) is -1.59. The Morgan fingerprint density at radius 3 is 2.68 bits per heavy atom. The number of nitrogens with zero attached hydrogens (tertiary/aromatic N) is 1. The van der Waals surface area contributed by atoms with Crippen LogP contribution in [0.1, 0.15) is 39.3 Å². The van der Waals surface area contributed by atoms with Gasteiger partial charge >= 0.3 is 5.97 Å². The van der Waals surface area contributed by atoms with Gasteiger partial charge in [0.2, 0.25) is 0 Å². The Bertz CT molecular complexity index is 1120. The molecule has 0 saturated carbocycles. The lowest BCUT2D eigenvalue weighted by Crippen LogP contribution is -2.23. The highest BCUT2D eigenvalue weighted by Crippen LogP contribution is 2.37. The number of nitrogens with two attached hydrogens (primary N) is 1. The lowest BCUT2D eigenvalue weighted by molar-refractivity contribution is -0.146. The summed E-state index contributed by atoms with van der Waals surface area (Å²) >= 11 is 2.82. The molecule has 1 aromatic carbocycles. The maximum Gasteiger partial charge on any atom is 0.312 e. The second kappa shape index (κ2) is 9.40. The van der Waals surface area contributed by atoms with Crippen molar-refractivity contribution in [1.29, 1.82) is 0 Å². The predicted octanol–water partition coefficient (Wildman–Crippen LogP) is 3.57. The van der Waals surface area contributed by atoms with Crippen LogP contribution in [0.4, 0.5) is 5.00 Å². The molecular formula is C22H21N3O4S2. The minimum Gasteiger partial charge on any atom is -0.455 e. The Hall–Kier alpha value is -3.04. The quantitative estimate of drug-likeness (QED) is 0.529. The third-order valence-electron chi connectivity index (χ3n) is 4.93. The van der Waals surface area contributed by atoms with Gasteiger partial charge in [-0.2, -0.15) is 0 Å². The summed E-state index contributed by atoms with van der Waals surface area (Å²) in [6.45, 7) is -0.435. The van der Waals surface area contributed by atoms with Gasteiger partial charge < -0.3 is 15.8 Å². The maximum absolute atomic E-state index is 12.3. The molecule has 0 saturated heterocycles. The van der Waals surface area contributed by atoms with E-state index in [1.165, 1.54) is 22.7 Å². The number of thiophene rings is 1. The van der Waals surface area contributed by atoms with E-state index >= 15 is 0 Å². The summed E-state index contributed by atoms with van der Waals surface area (Å²) in [5, 5.41) is 5.74. The zero-order chi connectivity index (χ0) is 21.8. The molecule has 31 heavy (non-hydrogen) atoms. The summed E-state index contributed by atoms with van der Waals surface area (Å²) in [6, 6.07) is 9.69. The highest BCUT2D eigenvalue weighted by Gasteiger charge is 2.25. The molecule has 0 spiro atoms. The van der Waals surface area contributed by atoms with Gasteiger partial charge in [0.25, 0.3) is 11.8 Å². The molecule has 0 atom stereocenters. The number of benzene rings is 1. The van der Waals surface area contributed by atoms with Crippen molar-refractivity contribution in [2.45, 2.75) is 32.1 Å². The fraction of sp³-hybridized carbons (Fsp3) is 0.273. The van der Waals surface area contributed by atoms with E-state index in [0.717, 1.165) is 46.7 Å². The first kappa shape index (κ1) is 21.2. The molecule has 1 aliphatic rings. The molecule has 0 aliphatic heterocycles. The van der Waals surface area contributed by atoms with Crippen molar-refractivity contribution in [2.24, 2.45) is 5.73 Å². The molecule has 0 bridgehead atoms. The van der Waals surface area contributed by atoms with E-state index < -0.39 is 24.4 Å². The highest BCUT2D eigenvalue weighted by molar-refractivity contribution is 7.17. The van der Waals surface area contributed by atoms with Crippen LogP contribution in [0.15, 0.2) is 35.7 Å². The van der Waals surface area contributed by atoms with E-state index in [9.17, 15) is 14.4 Å². The van der Waals surface area contributed by atoms with Gasteiger partial charge in [0.05, 0.1) is 17.7 Å². The topological polar surface area (TPSA) is 111 Å². The summed E-state index contributed by atoms with van der Waals surface area (Å²) < 4.78 is 5.10. The van der Waals surface area contributed by atoms with Gasteiger partial charge in [-0.3, -0.25) is 14.4 Å². The second-order valence-electron chi connectivity index (χ2n) is 7.17. The molecule has 0 radical (unpaired) electrons. The number of carbonyl (C=O) groups is 3. The van der Waals surface area contributed by atoms with Crippen LogP contribution in [0, 0.1) is 0 Å². The standard InChI is InChI=1S/C22H21N3O4S2/c23-20(28)19-15-8-4-5-9-16(15)31-22(19)25-17(26)11-29-18(27)10-14-12-30-21(24-14)13-6-2-1-3-7-13/h1-3,6-7,12H,4-5,8-11H2,(H2,23,28)(H,25,26). The number of aryl methyl sites for hydroxylation is 1. The van der Waals surface area contributed by atoms with Crippen molar-refractivity contribution in [2.75, 3.05) is 11.9 Å². The Morgan fingerprint density at radius 2 is 1.90 bits per heavy atom. The zero-order valence-corrected chi connectivity index (χ0v) is 18.3. The second-order valence-corrected chi connectivity index (χ2v) is 9.14. The lowest BCUT2D eigenvalue weighted by Gasteiger charge is -2.11. The van der Waals surface area contributed by atoms with Crippen LogP contribution in [-0.2, 0) is 33.6 Å². The van der Waals surface area contributed by atoms with Crippen molar-refractivity contribution < 1.29 is 19.1 Å². The highest BCUT2D eigenvalue weighted by atomic mass is 32.1. The normalized spacial score (nSPS) is 12.8. The third-order valence-corrected chi connectivity index (χ3v) is 7.08. The van der Waals surface area contributed by atoms with E-state index in [2.05, 4.69) is 10.3 Å². The average molecular weight is 456 g/mol. The number of esters is 1. The summed E-state index contributed by atoms with van der Waals surface area (Å²) in [7, 11) is 0. The van der Waals surface area contributed by atoms with Gasteiger partial charge in [0, 0.05) is 15.8 Å². The minimum atomic E-state index is -0.551. The van der Waals surface area contributed by atoms with Gasteiger partial charge in [0.1, 0.15) is 10.0 Å². The van der Waals surface area contributed by atoms with E-state index in [4.69, 9.17) is 10.5 Å². The lowest BCUT2D eigenvalue weighted by atomic mass is 9.95. The van der Waals surface area contributed by atoms with Crippen molar-refractivity contribution >= 4 is 45.5 Å². The number of rotatable bonds is 7. The fourth-order valence-electron chi connectivity index (χ4n) is 3.52. The Balaban J connectivity index is 1.32. The first-order valence-electron chi connectivity index (χ1n) is 9.91. The first-order valence-corrected chi connectivity index (χ1v) is 11.6. The summed E-state index contributed by atoms with van der Waals surface area (Å²) in [6.07, 6.45) is 3.70. The number of fused-ring (bicyclic) bond motifs is 1. The Morgan fingerprint density at radius 1 is 1.13 bits per heavy atom. The molecule has 7 nitrogen and oxygen atoms in total. The smallest absolute Gasteiger partial charge is 0.312 e. The number of primary amides is 1. The van der Waals surface area contributed by atoms with Gasteiger partial charge in [-0.25, -0.2) is 4.98 Å². The number of nitrogens with one attached hydrogen (secondary N) is 1. The molecule has 1 aliphatic carbocycles. The maximum atomic E-state index is 12.3. The molecule has 3 aromatic rings. The van der Waals surface area contributed by atoms with Crippen molar-refractivity contribution in [3.8, 4) is 10.6 Å². The van der Waals surface area contributed by atoms with Gasteiger partial charge in [-0.15, -0.1) is 22.7 Å². The Kier molecular flexibility index (Phi) is 6.43. The van der Waals surface area contributed by atoms with Crippen LogP contribution in [0.25, 0.3) is 10.6 Å². The predicted molar refractivity (Wildman–Crippen MR) is 120 cm³/mol. The molecule has 2 heterocycles. The van der Waals surface area contributed by atoms with Crippen LogP contribution in [0.3, 0.4) is 0 Å². The molecule has 160 valence electrons. The zero-order valence-electron chi connectivity index (χ0n) is 16.7. The van der Waals surface area contributed by atoms with Crippen molar-refractivity contribution in [1.82, 2.24) is 4.98 Å². The summed E-state index contributed by atoms with van der Waals surface area (Å²) in [4.78, 5) is 41.9. The summed E-state index contributed by atoms with van der Waals surface area (Å²) in [5.41, 5.74) is 8.43. The van der Waals surface area contributed by atoms with Crippen LogP contribution in [0.2, 0.25) is 0 Å². The number of ether oxygens (including phenoxy) is 1. The molecule has 4 rings (SSSR count). The first-order chi connectivity index (χ1) is 15.0. The molecule has 9 heteroatoms. The van der Waals surface area contributed by atoms with Gasteiger partial charge in [-0.1, -0.05) is 30.3 Å². The molecule has 0 fully saturated rings. The van der Waals surface area contributed by atoms with E-state index in [1.54, 1.807) is 5.38 Å². The molecular weight excluding hydrogens is 434 g/mol. The van der Waals surface area contributed by atoms with Crippen LogP contribution < -0.4 is 11.1 Å². The number of thiazole rings is 1. The number of hydrogen-bond donors (Lipinski definition) is 2. The minimum absolute atomic E-state index is 0.0174. The van der Waals surface area contributed by atoms with Crippen LogP contribution >= 0.6 is 22.7 Å². The van der Waals surface area contributed by atoms with Gasteiger partial charge in [-0.05, 0) is 31.2 Å². The SMILES string of the molecule is NC(=O)c1c(NC(=O)COC(=O)Cc2csc(-c3ccccc3)n2)sc2c1CCCC2. The molecule has 2 amide bonds. The van der Waals surface area contributed by atoms with E-state index in [1.807, 2.05) is 30.3 Å². The largest absolute Gasteiger partial charge is 0.455 e. The molecule has 0 unspecified atom stereocenters. The number of anilines is 1. The monoisotopic (exact) mass is 455 g/mol. The number of aromatic nitrogens is 1. The van der Waals surface area contributed by atoms with Crippen molar-refractivity contribution in [3.63, 3.8) is 0 Å². The van der Waals surface area contributed by atoms with E-state index in [-0.39, 0.29) is 6.42 Å². The number of hydrogen-bond acceptors (Lipinski definition) is 7. The molecule has 2 aromatic heterocycles. The average Bonchev–Trinajstić information content (AvgIpc) is 3.37. The van der Waals surface area contributed by atoms with E-state index in [0.29, 0.717) is 16.3 Å². The number of carbonyl (C=O) groups excluding carboxylic acids is 3. The fourth-order valence-corrected chi connectivity index (χ4v) is 5.66. The van der Waals surface area contributed by atoms with Gasteiger partial charge in [0.15, 0.2) is 6.61 Å². The third kappa shape index (κ3) is 5.00. The van der Waals surface area contributed by atoms with Crippen LogP contribution in [0.5, 0.6) is 0 Å².